The van der Waals surface area contributed by atoms with Crippen LogP contribution in [-0.2, 0) is 28.9 Å². The molecule has 1 aromatic carbocycles. The molecule has 1 aliphatic carbocycles. The molecule has 0 spiro atoms. The van der Waals surface area contributed by atoms with Gasteiger partial charge in [0.15, 0.2) is 6.04 Å². The zero-order chi connectivity index (χ0) is 13.4. The predicted octanol–water partition coefficient (Wildman–Crippen LogP) is 1.58. The quantitative estimate of drug-likeness (QED) is 0.897. The Kier molecular flexibility index (Phi) is 2.89. The number of carbonyl (C=O) groups excluding carboxylic acids is 1. The topological polar surface area (TPSA) is 66.8 Å². The third-order valence-electron chi connectivity index (χ3n) is 3.78. The Hall–Kier alpha value is -2.04. The molecule has 1 aliphatic heterocycles. The van der Waals surface area contributed by atoms with E-state index in [1.807, 2.05) is 6.07 Å². The average molecular weight is 261 g/mol. The van der Waals surface area contributed by atoms with Crippen LogP contribution in [-0.4, -0.2) is 34.7 Å². The van der Waals surface area contributed by atoms with Crippen LogP contribution in [0.1, 0.15) is 23.1 Å². The van der Waals surface area contributed by atoms with Gasteiger partial charge in [0, 0.05) is 0 Å². The molecule has 1 fully saturated rings. The number of cyclic esters (lactones) is 1. The molecule has 5 nitrogen and oxygen atoms in total. The second kappa shape index (κ2) is 4.57. The van der Waals surface area contributed by atoms with Gasteiger partial charge >= 0.3 is 12.1 Å². The Morgan fingerprint density at radius 2 is 2.16 bits per heavy atom. The van der Waals surface area contributed by atoms with E-state index in [1.54, 1.807) is 0 Å². The molecule has 3 rings (SSSR count). The number of benzene rings is 1. The van der Waals surface area contributed by atoms with Crippen LogP contribution in [0.5, 0.6) is 0 Å². The van der Waals surface area contributed by atoms with Crippen molar-refractivity contribution in [1.29, 1.82) is 0 Å². The summed E-state index contributed by atoms with van der Waals surface area (Å²) in [6, 6.07) is 5.25. The number of nitrogens with zero attached hydrogens (tertiary/aromatic N) is 1. The molecule has 1 atom stereocenters. The highest BCUT2D eigenvalue weighted by atomic mass is 16.6. The first kappa shape index (κ1) is 12.0. The minimum atomic E-state index is -1.02. The smallest absolute Gasteiger partial charge is 0.411 e. The monoisotopic (exact) mass is 261 g/mol. The number of aryl methyl sites for hydroxylation is 2. The lowest BCUT2D eigenvalue weighted by molar-refractivity contribution is -0.141. The Morgan fingerprint density at radius 1 is 1.37 bits per heavy atom. The second-order valence-corrected chi connectivity index (χ2v) is 5.02. The van der Waals surface area contributed by atoms with Crippen molar-refractivity contribution < 1.29 is 19.4 Å². The summed E-state index contributed by atoms with van der Waals surface area (Å²) < 4.78 is 4.81. The molecule has 100 valence electrons. The zero-order valence-electron chi connectivity index (χ0n) is 10.5. The van der Waals surface area contributed by atoms with Crippen molar-refractivity contribution in [3.05, 3.63) is 34.9 Å². The van der Waals surface area contributed by atoms with Gasteiger partial charge in [-0.15, -0.1) is 0 Å². The fourth-order valence-electron chi connectivity index (χ4n) is 2.75. The van der Waals surface area contributed by atoms with E-state index < -0.39 is 18.1 Å². The molecule has 1 heterocycles. The zero-order valence-corrected chi connectivity index (χ0v) is 10.5. The molecule has 0 bridgehead atoms. The Balaban J connectivity index is 1.80. The standard InChI is InChI=1S/C14H15NO4/c16-13(17)12-8-19-14(18)15(12)7-9-4-5-10-2-1-3-11(10)6-9/h4-6,12H,1-3,7-8H2,(H,16,17). The van der Waals surface area contributed by atoms with Gasteiger partial charge in [-0.1, -0.05) is 18.2 Å². The predicted molar refractivity (Wildman–Crippen MR) is 66.8 cm³/mol. The molecule has 2 aliphatic rings. The molecular formula is C14H15NO4. The Labute approximate surface area is 110 Å². The SMILES string of the molecule is O=C(O)C1COC(=O)N1Cc1ccc2c(c1)CCC2. The van der Waals surface area contributed by atoms with E-state index in [4.69, 9.17) is 9.84 Å². The minimum Gasteiger partial charge on any atom is -0.480 e. The number of hydrogen-bond donors (Lipinski definition) is 1. The van der Waals surface area contributed by atoms with E-state index in [-0.39, 0.29) is 6.61 Å². The summed E-state index contributed by atoms with van der Waals surface area (Å²) in [5.74, 6) is -1.02. The molecule has 1 unspecified atom stereocenters. The van der Waals surface area contributed by atoms with Crippen molar-refractivity contribution in [2.75, 3.05) is 6.61 Å². The van der Waals surface area contributed by atoms with E-state index in [0.29, 0.717) is 6.54 Å². The summed E-state index contributed by atoms with van der Waals surface area (Å²) in [7, 11) is 0. The highest BCUT2D eigenvalue weighted by Crippen LogP contribution is 2.24. The number of ether oxygens (including phenoxy) is 1. The van der Waals surface area contributed by atoms with Crippen LogP contribution in [0.3, 0.4) is 0 Å². The molecule has 19 heavy (non-hydrogen) atoms. The van der Waals surface area contributed by atoms with Gasteiger partial charge in [0.25, 0.3) is 0 Å². The third kappa shape index (κ3) is 2.16. The van der Waals surface area contributed by atoms with Gasteiger partial charge in [-0.25, -0.2) is 9.59 Å². The van der Waals surface area contributed by atoms with Crippen LogP contribution < -0.4 is 0 Å². The largest absolute Gasteiger partial charge is 0.480 e. The van der Waals surface area contributed by atoms with Crippen LogP contribution in [0.2, 0.25) is 0 Å². The van der Waals surface area contributed by atoms with Crippen molar-refractivity contribution in [3.63, 3.8) is 0 Å². The minimum absolute atomic E-state index is 0.0703. The number of hydrogen-bond acceptors (Lipinski definition) is 3. The summed E-state index contributed by atoms with van der Waals surface area (Å²) in [4.78, 5) is 23.9. The first-order valence-electron chi connectivity index (χ1n) is 6.42. The van der Waals surface area contributed by atoms with Gasteiger partial charge in [0.2, 0.25) is 0 Å². The van der Waals surface area contributed by atoms with Crippen LogP contribution in [0.4, 0.5) is 4.79 Å². The molecule has 1 N–H and O–H groups in total. The molecule has 0 radical (unpaired) electrons. The Morgan fingerprint density at radius 3 is 2.95 bits per heavy atom. The maximum atomic E-state index is 11.6. The first-order valence-corrected chi connectivity index (χ1v) is 6.42. The lowest BCUT2D eigenvalue weighted by Gasteiger charge is -2.18. The highest BCUT2D eigenvalue weighted by molar-refractivity contribution is 5.82. The van der Waals surface area contributed by atoms with E-state index in [0.717, 1.165) is 18.4 Å². The van der Waals surface area contributed by atoms with Gasteiger partial charge in [0.1, 0.15) is 6.61 Å². The van der Waals surface area contributed by atoms with E-state index in [2.05, 4.69) is 12.1 Å². The molecule has 1 amide bonds. The van der Waals surface area contributed by atoms with Gasteiger partial charge in [-0.2, -0.15) is 0 Å². The maximum Gasteiger partial charge on any atom is 0.411 e. The van der Waals surface area contributed by atoms with Crippen molar-refractivity contribution in [1.82, 2.24) is 4.90 Å². The second-order valence-electron chi connectivity index (χ2n) is 5.02. The van der Waals surface area contributed by atoms with Gasteiger partial charge in [0.05, 0.1) is 6.54 Å². The number of fused-ring (bicyclic) bond motifs is 1. The van der Waals surface area contributed by atoms with Gasteiger partial charge in [-0.05, 0) is 36.0 Å². The number of carboxylic acid groups (broad SMARTS) is 1. The molecule has 5 heteroatoms. The summed E-state index contributed by atoms with van der Waals surface area (Å²) in [5.41, 5.74) is 3.64. The molecule has 1 aromatic rings. The lowest BCUT2D eigenvalue weighted by Crippen LogP contribution is -2.38. The Bertz CT molecular complexity index is 540. The van der Waals surface area contributed by atoms with Crippen molar-refractivity contribution in [2.45, 2.75) is 31.8 Å². The van der Waals surface area contributed by atoms with Gasteiger partial charge < -0.3 is 9.84 Å². The number of rotatable bonds is 3. The van der Waals surface area contributed by atoms with Crippen molar-refractivity contribution in [2.24, 2.45) is 0 Å². The fourth-order valence-corrected chi connectivity index (χ4v) is 2.75. The van der Waals surface area contributed by atoms with Crippen LogP contribution in [0.25, 0.3) is 0 Å². The number of amides is 1. The summed E-state index contributed by atoms with van der Waals surface area (Å²) >= 11 is 0. The summed E-state index contributed by atoms with van der Waals surface area (Å²) in [6.07, 6.45) is 2.80. The molecule has 0 aromatic heterocycles. The maximum absolute atomic E-state index is 11.6. The summed E-state index contributed by atoms with van der Waals surface area (Å²) in [6.45, 7) is 0.224. The van der Waals surface area contributed by atoms with Gasteiger partial charge in [-0.3, -0.25) is 4.90 Å². The number of aliphatic carboxylic acids is 1. The van der Waals surface area contributed by atoms with Crippen LogP contribution in [0.15, 0.2) is 18.2 Å². The normalized spacial score (nSPS) is 21.4. The summed E-state index contributed by atoms with van der Waals surface area (Å²) in [5, 5.41) is 9.06. The lowest BCUT2D eigenvalue weighted by atomic mass is 10.1. The van der Waals surface area contributed by atoms with E-state index >= 15 is 0 Å². The van der Waals surface area contributed by atoms with Crippen molar-refractivity contribution >= 4 is 12.1 Å². The molecule has 0 saturated carbocycles. The first-order chi connectivity index (χ1) is 9.15. The van der Waals surface area contributed by atoms with Crippen molar-refractivity contribution in [3.8, 4) is 0 Å². The number of carboxylic acids is 1. The third-order valence-corrected chi connectivity index (χ3v) is 3.78. The highest BCUT2D eigenvalue weighted by Gasteiger charge is 2.38. The van der Waals surface area contributed by atoms with E-state index in [9.17, 15) is 9.59 Å². The van der Waals surface area contributed by atoms with E-state index in [1.165, 1.54) is 22.4 Å². The van der Waals surface area contributed by atoms with Crippen LogP contribution >= 0.6 is 0 Å². The molecule has 1 saturated heterocycles. The van der Waals surface area contributed by atoms with Crippen LogP contribution in [0, 0.1) is 0 Å². The fraction of sp³-hybridized carbons (Fsp3) is 0.429. The average Bonchev–Trinajstić information content (AvgIpc) is 2.97. The number of carbonyl (C=O) groups is 2. The molecular weight excluding hydrogens is 246 g/mol.